The van der Waals surface area contributed by atoms with Crippen LogP contribution < -0.4 is 18.5 Å². The number of halogens is 1. The quantitative estimate of drug-likeness (QED) is 0.164. The largest absolute Gasteiger partial charge is 0.494 e. The summed E-state index contributed by atoms with van der Waals surface area (Å²) in [4.78, 5) is 4.54. The summed E-state index contributed by atoms with van der Waals surface area (Å²) >= 11 is 0. The molecule has 0 aliphatic rings. The molecule has 0 fully saturated rings. The van der Waals surface area contributed by atoms with Gasteiger partial charge in [0.1, 0.15) is 28.7 Å². The predicted molar refractivity (Wildman–Crippen MR) is 174 cm³/mol. The van der Waals surface area contributed by atoms with Crippen LogP contribution in [0.4, 0.5) is 10.3 Å². The molecule has 4 rings (SSSR count). The number of anilines is 1. The van der Waals surface area contributed by atoms with E-state index in [0.717, 1.165) is 12.1 Å². The average Bonchev–Trinajstić information content (AvgIpc) is 3.46. The van der Waals surface area contributed by atoms with E-state index in [1.54, 1.807) is 41.0 Å². The molecular weight excluding hydrogens is 632 g/mol. The molecule has 2 heterocycles. The number of aromatic nitrogens is 4. The molecule has 244 valence electrons. The highest BCUT2D eigenvalue weighted by Gasteiger charge is 2.35. The van der Waals surface area contributed by atoms with Gasteiger partial charge in [0.2, 0.25) is 21.9 Å². The molecule has 15 heteroatoms. The van der Waals surface area contributed by atoms with E-state index in [1.807, 2.05) is 6.07 Å². The second kappa shape index (κ2) is 14.3. The van der Waals surface area contributed by atoms with Gasteiger partial charge < -0.3 is 18.9 Å². The summed E-state index contributed by atoms with van der Waals surface area (Å²) in [5.74, 6) is 0.0389. The summed E-state index contributed by atoms with van der Waals surface area (Å²) in [7, 11) is -0.284. The van der Waals surface area contributed by atoms with Gasteiger partial charge in [0.15, 0.2) is 5.82 Å². The second-order valence-electron chi connectivity index (χ2n) is 11.5. The van der Waals surface area contributed by atoms with Crippen molar-refractivity contribution in [2.45, 2.75) is 31.8 Å². The highest BCUT2D eigenvalue weighted by Crippen LogP contribution is 2.39. The molecule has 0 spiro atoms. The first kappa shape index (κ1) is 34.4. The lowest BCUT2D eigenvalue weighted by molar-refractivity contribution is 0.121. The van der Waals surface area contributed by atoms with Gasteiger partial charge in [-0.05, 0) is 41.9 Å². The Morgan fingerprint density at radius 1 is 0.978 bits per heavy atom. The van der Waals surface area contributed by atoms with Gasteiger partial charge in [0, 0.05) is 27.8 Å². The van der Waals surface area contributed by atoms with Gasteiger partial charge in [0.05, 0.1) is 44.8 Å². The first-order valence-electron chi connectivity index (χ1n) is 14.3. The molecular formula is C31H37FN6O6SSi. The molecule has 2 aromatic carbocycles. The van der Waals surface area contributed by atoms with Crippen molar-refractivity contribution in [1.29, 1.82) is 5.26 Å². The number of pyridine rings is 1. The van der Waals surface area contributed by atoms with Crippen LogP contribution in [-0.2, 0) is 14.8 Å². The fraction of sp³-hybridized carbons (Fsp3) is 0.355. The minimum absolute atomic E-state index is 0.0241. The molecule has 0 bridgehead atoms. The number of hydrogen-bond donors (Lipinski definition) is 0. The standard InChI is InChI=1S/C31H37FN6O6SSi/c1-41-25-11-9-12-26(42-2)29(25)38-30(24-10-8-13-28(34-24)44-4)35-36-31(38)37(16-17-46(5,6)7)45(39,40)20-27(43-3)23-15-14-22(32)18-21(23)19-33/h8-15,18,27H,16-17,20H2,1-7H3. The Hall–Kier alpha value is -4.52. The van der Waals surface area contributed by atoms with Crippen LogP contribution in [0.3, 0.4) is 0 Å². The molecule has 0 radical (unpaired) electrons. The Morgan fingerprint density at radius 2 is 1.65 bits per heavy atom. The van der Waals surface area contributed by atoms with Crippen LogP contribution in [0.1, 0.15) is 17.2 Å². The fourth-order valence-corrected chi connectivity index (χ4v) is 7.46. The van der Waals surface area contributed by atoms with Gasteiger partial charge in [-0.1, -0.05) is 37.8 Å². The van der Waals surface area contributed by atoms with E-state index in [9.17, 15) is 18.1 Å². The molecule has 0 N–H and O–H groups in total. The predicted octanol–water partition coefficient (Wildman–Crippen LogP) is 5.23. The monoisotopic (exact) mass is 668 g/mol. The number of methoxy groups -OCH3 is 4. The summed E-state index contributed by atoms with van der Waals surface area (Å²) < 4.78 is 68.1. The molecule has 1 unspecified atom stereocenters. The summed E-state index contributed by atoms with van der Waals surface area (Å²) in [6.45, 7) is 6.47. The maximum absolute atomic E-state index is 14.5. The van der Waals surface area contributed by atoms with E-state index in [1.165, 1.54) is 38.8 Å². The number of hydrogen-bond acceptors (Lipinski definition) is 10. The first-order valence-corrected chi connectivity index (χ1v) is 19.6. The Balaban J connectivity index is 1.98. The molecule has 2 aromatic heterocycles. The zero-order valence-electron chi connectivity index (χ0n) is 26.8. The molecule has 1 atom stereocenters. The van der Waals surface area contributed by atoms with Gasteiger partial charge in [-0.15, -0.1) is 10.2 Å². The van der Waals surface area contributed by atoms with Gasteiger partial charge in [-0.25, -0.2) is 22.1 Å². The lowest BCUT2D eigenvalue weighted by Gasteiger charge is -2.29. The van der Waals surface area contributed by atoms with Crippen LogP contribution in [0, 0.1) is 17.1 Å². The number of nitrogens with zero attached hydrogens (tertiary/aromatic N) is 6. The third-order valence-corrected chi connectivity index (χ3v) is 10.7. The molecule has 0 saturated carbocycles. The highest BCUT2D eigenvalue weighted by atomic mass is 32.2. The molecule has 0 saturated heterocycles. The highest BCUT2D eigenvalue weighted by molar-refractivity contribution is 7.92. The lowest BCUT2D eigenvalue weighted by atomic mass is 10.0. The normalized spacial score (nSPS) is 12.3. The Labute approximate surface area is 269 Å². The molecule has 12 nitrogen and oxygen atoms in total. The zero-order chi connectivity index (χ0) is 33.6. The van der Waals surface area contributed by atoms with Crippen molar-refractivity contribution < 1.29 is 31.8 Å². The Kier molecular flexibility index (Phi) is 10.7. The van der Waals surface area contributed by atoms with E-state index >= 15 is 0 Å². The Bertz CT molecular complexity index is 1820. The Morgan fingerprint density at radius 3 is 2.24 bits per heavy atom. The second-order valence-corrected chi connectivity index (χ2v) is 19.0. The van der Waals surface area contributed by atoms with Gasteiger partial charge in [-0.3, -0.25) is 4.57 Å². The zero-order valence-corrected chi connectivity index (χ0v) is 28.6. The van der Waals surface area contributed by atoms with E-state index in [0.29, 0.717) is 34.8 Å². The van der Waals surface area contributed by atoms with Crippen molar-refractivity contribution in [2.24, 2.45) is 0 Å². The summed E-state index contributed by atoms with van der Waals surface area (Å²) in [6.07, 6.45) is -1.09. The summed E-state index contributed by atoms with van der Waals surface area (Å²) in [6, 6.07) is 16.4. The van der Waals surface area contributed by atoms with Crippen LogP contribution in [-0.4, -0.2) is 77.0 Å². The summed E-state index contributed by atoms with van der Waals surface area (Å²) in [5.41, 5.74) is 0.931. The van der Waals surface area contributed by atoms with Crippen molar-refractivity contribution in [3.8, 4) is 40.7 Å². The van der Waals surface area contributed by atoms with E-state index in [-0.39, 0.29) is 29.4 Å². The number of nitriles is 1. The van der Waals surface area contributed by atoms with Crippen molar-refractivity contribution in [3.05, 3.63) is 71.5 Å². The van der Waals surface area contributed by atoms with Crippen molar-refractivity contribution in [1.82, 2.24) is 19.7 Å². The SMILES string of the molecule is COc1cccc(-c2nnc(N(CC[Si](C)(C)C)S(=O)(=O)CC(OC)c3ccc(F)cc3C#N)n2-c2c(OC)cccc2OC)n1. The number of benzene rings is 2. The van der Waals surface area contributed by atoms with Crippen molar-refractivity contribution in [3.63, 3.8) is 0 Å². The van der Waals surface area contributed by atoms with Gasteiger partial charge >= 0.3 is 0 Å². The minimum Gasteiger partial charge on any atom is -0.494 e. The van der Waals surface area contributed by atoms with Crippen LogP contribution in [0.25, 0.3) is 17.2 Å². The number of para-hydroxylation sites is 1. The number of sulfonamides is 1. The molecule has 0 amide bonds. The number of rotatable bonds is 14. The number of ether oxygens (including phenoxy) is 4. The van der Waals surface area contributed by atoms with E-state index < -0.39 is 35.8 Å². The lowest BCUT2D eigenvalue weighted by Crippen LogP contribution is -2.40. The topological polar surface area (TPSA) is 142 Å². The molecule has 0 aliphatic heterocycles. The third-order valence-electron chi connectivity index (χ3n) is 7.19. The minimum atomic E-state index is -4.27. The maximum Gasteiger partial charge on any atom is 0.246 e. The fourth-order valence-electron chi connectivity index (χ4n) is 4.79. The van der Waals surface area contributed by atoms with Gasteiger partial charge in [-0.2, -0.15) is 5.26 Å². The third kappa shape index (κ3) is 7.47. The molecule has 4 aromatic rings. The van der Waals surface area contributed by atoms with Crippen LogP contribution in [0.5, 0.6) is 17.4 Å². The average molecular weight is 669 g/mol. The van der Waals surface area contributed by atoms with Crippen molar-refractivity contribution >= 4 is 24.0 Å². The van der Waals surface area contributed by atoms with Crippen LogP contribution in [0.15, 0.2) is 54.6 Å². The van der Waals surface area contributed by atoms with Crippen molar-refractivity contribution in [2.75, 3.05) is 45.0 Å². The molecule has 46 heavy (non-hydrogen) atoms. The smallest absolute Gasteiger partial charge is 0.246 e. The van der Waals surface area contributed by atoms with E-state index in [4.69, 9.17) is 18.9 Å². The summed E-state index contributed by atoms with van der Waals surface area (Å²) in [5, 5.41) is 18.5. The van der Waals surface area contributed by atoms with Crippen LogP contribution >= 0.6 is 0 Å². The van der Waals surface area contributed by atoms with Gasteiger partial charge in [0.25, 0.3) is 0 Å². The first-order chi connectivity index (χ1) is 21.9. The van der Waals surface area contributed by atoms with E-state index in [2.05, 4.69) is 34.8 Å². The van der Waals surface area contributed by atoms with Crippen LogP contribution in [0.2, 0.25) is 25.7 Å². The molecule has 0 aliphatic carbocycles. The maximum atomic E-state index is 14.5.